The lowest BCUT2D eigenvalue weighted by molar-refractivity contribution is -0.147. The lowest BCUT2D eigenvalue weighted by atomic mass is 10.0. The molecular weight excluding hydrogens is 450 g/mol. The first kappa shape index (κ1) is 36.4. The van der Waals surface area contributed by atoms with Crippen molar-refractivity contribution in [2.75, 3.05) is 52.7 Å². The molecule has 212 valence electrons. The molecule has 0 aliphatic heterocycles. The first-order valence-corrected chi connectivity index (χ1v) is 14.0. The Bertz CT molecular complexity index is 399. The Morgan fingerprint density at radius 3 is 1.37 bits per heavy atom. The highest BCUT2D eigenvalue weighted by molar-refractivity contribution is 5.69. The molecule has 0 heterocycles. The quantitative estimate of drug-likeness (QED) is 0.0939. The SMILES string of the molecule is CCCCCCCCCCCCCCCCCC(=O)OCC(O)CO.OCCN(CCO)CCO. The molecule has 0 rings (SSSR count). The summed E-state index contributed by atoms with van der Waals surface area (Å²) in [5, 5.41) is 43.2. The van der Waals surface area contributed by atoms with Crippen LogP contribution in [0.2, 0.25) is 0 Å². The topological polar surface area (TPSA) is 131 Å². The van der Waals surface area contributed by atoms with Crippen LogP contribution in [-0.2, 0) is 9.53 Å². The van der Waals surface area contributed by atoms with Crippen LogP contribution in [0.4, 0.5) is 0 Å². The fourth-order valence-electron chi connectivity index (χ4n) is 3.71. The van der Waals surface area contributed by atoms with Gasteiger partial charge in [0, 0.05) is 26.1 Å². The molecule has 0 amide bonds. The summed E-state index contributed by atoms with van der Waals surface area (Å²) >= 11 is 0. The van der Waals surface area contributed by atoms with E-state index in [4.69, 9.17) is 30.3 Å². The van der Waals surface area contributed by atoms with Gasteiger partial charge in [0.15, 0.2) is 0 Å². The van der Waals surface area contributed by atoms with Gasteiger partial charge in [-0.25, -0.2) is 0 Å². The van der Waals surface area contributed by atoms with Crippen molar-refractivity contribution in [3.8, 4) is 0 Å². The van der Waals surface area contributed by atoms with E-state index in [-0.39, 0.29) is 39.0 Å². The minimum absolute atomic E-state index is 0.0694. The molecule has 8 heteroatoms. The summed E-state index contributed by atoms with van der Waals surface area (Å²) in [6.07, 6.45) is 19.0. The minimum atomic E-state index is -0.954. The number of unbranched alkanes of at least 4 members (excludes halogenated alkanes) is 14. The van der Waals surface area contributed by atoms with Crippen molar-refractivity contribution in [3.05, 3.63) is 0 Å². The molecule has 0 spiro atoms. The summed E-state index contributed by atoms with van der Waals surface area (Å²) in [6.45, 7) is 3.55. The molecule has 1 unspecified atom stereocenters. The summed E-state index contributed by atoms with van der Waals surface area (Å²) in [7, 11) is 0. The molecule has 0 bridgehead atoms. The number of nitrogens with zero attached hydrogens (tertiary/aromatic N) is 1. The predicted octanol–water partition coefficient (Wildman–Crippen LogP) is 3.41. The fourth-order valence-corrected chi connectivity index (χ4v) is 3.71. The number of aliphatic hydroxyl groups excluding tert-OH is 5. The van der Waals surface area contributed by atoms with Crippen molar-refractivity contribution in [2.45, 2.75) is 116 Å². The lowest BCUT2D eigenvalue weighted by Crippen LogP contribution is -2.32. The number of esters is 1. The van der Waals surface area contributed by atoms with E-state index in [2.05, 4.69) is 6.92 Å². The van der Waals surface area contributed by atoms with E-state index in [9.17, 15) is 4.79 Å². The van der Waals surface area contributed by atoms with Crippen molar-refractivity contribution in [3.63, 3.8) is 0 Å². The van der Waals surface area contributed by atoms with Gasteiger partial charge in [-0.1, -0.05) is 96.8 Å². The number of ether oxygens (including phenoxy) is 1. The molecule has 0 aliphatic rings. The van der Waals surface area contributed by atoms with Gasteiger partial charge in [0.1, 0.15) is 12.7 Å². The second-order valence-electron chi connectivity index (χ2n) is 9.23. The zero-order chi connectivity index (χ0) is 26.4. The van der Waals surface area contributed by atoms with Crippen molar-refractivity contribution < 1.29 is 35.1 Å². The second-order valence-corrected chi connectivity index (χ2v) is 9.23. The molecule has 0 saturated carbocycles. The Hall–Kier alpha value is -0.770. The van der Waals surface area contributed by atoms with Crippen LogP contribution in [-0.4, -0.2) is 95.2 Å². The monoisotopic (exact) mass is 507 g/mol. The normalized spacial score (nSPS) is 11.9. The van der Waals surface area contributed by atoms with Gasteiger partial charge in [0.05, 0.1) is 26.4 Å². The largest absolute Gasteiger partial charge is 0.463 e. The average molecular weight is 508 g/mol. The van der Waals surface area contributed by atoms with Gasteiger partial charge in [0.25, 0.3) is 0 Å². The number of rotatable bonds is 25. The molecule has 1 atom stereocenters. The predicted molar refractivity (Wildman–Crippen MR) is 141 cm³/mol. The maximum atomic E-state index is 11.4. The van der Waals surface area contributed by atoms with Crippen molar-refractivity contribution in [1.82, 2.24) is 4.90 Å². The number of hydrogen-bond donors (Lipinski definition) is 5. The maximum absolute atomic E-state index is 11.4. The molecule has 0 saturated heterocycles. The Kier molecular flexibility index (Phi) is 32.5. The Morgan fingerprint density at radius 2 is 1.03 bits per heavy atom. The van der Waals surface area contributed by atoms with Crippen LogP contribution < -0.4 is 0 Å². The molecule has 8 nitrogen and oxygen atoms in total. The van der Waals surface area contributed by atoms with Gasteiger partial charge in [0.2, 0.25) is 0 Å². The van der Waals surface area contributed by atoms with E-state index in [1.807, 2.05) is 0 Å². The second kappa shape index (κ2) is 31.3. The molecule has 0 aromatic heterocycles. The molecule has 5 N–H and O–H groups in total. The summed E-state index contributed by atoms with van der Waals surface area (Å²) in [5.74, 6) is -0.276. The van der Waals surface area contributed by atoms with Gasteiger partial charge < -0.3 is 30.3 Å². The first-order chi connectivity index (χ1) is 17.0. The van der Waals surface area contributed by atoms with Gasteiger partial charge in [-0.15, -0.1) is 0 Å². The number of hydrogen-bond acceptors (Lipinski definition) is 8. The standard InChI is InChI=1S/C21H42O4.C6H15NO3/c1-2-3-4-5-6-7-8-9-10-11-12-13-14-15-16-17-21(24)25-19-20(23)18-22;8-4-1-7(2-5-9)3-6-10/h20,22-23H,2-19H2,1H3;8-10H,1-6H2. The van der Waals surface area contributed by atoms with Crippen LogP contribution in [0.25, 0.3) is 0 Å². The first-order valence-electron chi connectivity index (χ1n) is 14.0. The summed E-state index contributed by atoms with van der Waals surface area (Å²) in [6, 6.07) is 0. The van der Waals surface area contributed by atoms with Gasteiger partial charge in [-0.3, -0.25) is 9.69 Å². The van der Waals surface area contributed by atoms with Crippen LogP contribution in [0.3, 0.4) is 0 Å². The van der Waals surface area contributed by atoms with E-state index >= 15 is 0 Å². The highest BCUT2D eigenvalue weighted by atomic mass is 16.5. The van der Waals surface area contributed by atoms with Crippen molar-refractivity contribution >= 4 is 5.97 Å². The van der Waals surface area contributed by atoms with Crippen LogP contribution >= 0.6 is 0 Å². The summed E-state index contributed by atoms with van der Waals surface area (Å²) in [4.78, 5) is 13.2. The molecule has 0 radical (unpaired) electrons. The van der Waals surface area contributed by atoms with Gasteiger partial charge >= 0.3 is 5.97 Å². The Morgan fingerprint density at radius 1 is 0.657 bits per heavy atom. The van der Waals surface area contributed by atoms with E-state index in [0.717, 1.165) is 12.8 Å². The van der Waals surface area contributed by atoms with Gasteiger partial charge in [-0.05, 0) is 6.42 Å². The van der Waals surface area contributed by atoms with E-state index in [1.165, 1.54) is 83.5 Å². The van der Waals surface area contributed by atoms with Crippen molar-refractivity contribution in [2.24, 2.45) is 0 Å². The minimum Gasteiger partial charge on any atom is -0.463 e. The summed E-state index contributed by atoms with van der Waals surface area (Å²) in [5.41, 5.74) is 0. The number of aliphatic hydroxyl groups is 5. The third kappa shape index (κ3) is 31.2. The highest BCUT2D eigenvalue weighted by Crippen LogP contribution is 2.13. The molecule has 0 fully saturated rings. The Balaban J connectivity index is 0. The smallest absolute Gasteiger partial charge is 0.305 e. The highest BCUT2D eigenvalue weighted by Gasteiger charge is 2.07. The van der Waals surface area contributed by atoms with E-state index < -0.39 is 6.10 Å². The van der Waals surface area contributed by atoms with Crippen LogP contribution in [0.15, 0.2) is 0 Å². The van der Waals surface area contributed by atoms with Crippen LogP contribution in [0.1, 0.15) is 110 Å². The molecule has 0 aromatic carbocycles. The fraction of sp³-hybridized carbons (Fsp3) is 0.963. The molecule has 0 aliphatic carbocycles. The molecule has 0 aromatic rings. The Labute approximate surface area is 214 Å². The van der Waals surface area contributed by atoms with Gasteiger partial charge in [-0.2, -0.15) is 0 Å². The molecule has 35 heavy (non-hydrogen) atoms. The van der Waals surface area contributed by atoms with E-state index in [1.54, 1.807) is 4.90 Å². The number of carbonyl (C=O) groups excluding carboxylic acids is 1. The van der Waals surface area contributed by atoms with Crippen LogP contribution in [0.5, 0.6) is 0 Å². The number of carbonyl (C=O) groups is 1. The van der Waals surface area contributed by atoms with E-state index in [0.29, 0.717) is 26.1 Å². The third-order valence-electron chi connectivity index (χ3n) is 5.88. The molecular formula is C27H57NO7. The van der Waals surface area contributed by atoms with Crippen LogP contribution in [0, 0.1) is 0 Å². The summed E-state index contributed by atoms with van der Waals surface area (Å²) < 4.78 is 4.86. The average Bonchev–Trinajstić information content (AvgIpc) is 2.85. The third-order valence-corrected chi connectivity index (χ3v) is 5.88. The zero-order valence-electron chi connectivity index (χ0n) is 22.5. The van der Waals surface area contributed by atoms with Crippen molar-refractivity contribution in [1.29, 1.82) is 0 Å². The maximum Gasteiger partial charge on any atom is 0.305 e. The lowest BCUT2D eigenvalue weighted by Gasteiger charge is -2.17. The zero-order valence-corrected chi connectivity index (χ0v) is 22.5.